The minimum Gasteiger partial charge on any atom is -0.389 e. The van der Waals surface area contributed by atoms with Crippen LogP contribution in [0.25, 0.3) is 0 Å². The Hall–Kier alpha value is -1.75. The SMILES string of the molecule is C[C@@H](OC[C@@H](O)CNC(C)(C)CC1Cc2ccccc2C1)c1[c]cc(F)cc1. The standard InChI is InChI=1S/C24H31FNO2/c1-17(19-8-10-22(25)11-9-19)28-16-23(27)15-26-24(2,3)14-18-12-20-6-4-5-7-21(20)13-18/h4-8,10-11,17-18,23,26-27H,12-16H2,1-3H3/t17-,23+/m1/s1. The van der Waals surface area contributed by atoms with E-state index in [-0.39, 0.29) is 24.1 Å². The zero-order chi connectivity index (χ0) is 20.1. The van der Waals surface area contributed by atoms with Crippen LogP contribution in [0.4, 0.5) is 4.39 Å². The quantitative estimate of drug-likeness (QED) is 0.680. The number of fused-ring (bicyclic) bond motifs is 1. The van der Waals surface area contributed by atoms with Gasteiger partial charge in [-0.1, -0.05) is 30.3 Å². The van der Waals surface area contributed by atoms with Crippen LogP contribution in [0.2, 0.25) is 0 Å². The number of rotatable bonds is 9. The van der Waals surface area contributed by atoms with Gasteiger partial charge in [-0.2, -0.15) is 0 Å². The first-order chi connectivity index (χ1) is 13.3. The van der Waals surface area contributed by atoms with Crippen molar-refractivity contribution in [2.75, 3.05) is 13.2 Å². The van der Waals surface area contributed by atoms with Gasteiger partial charge in [0.15, 0.2) is 0 Å². The molecule has 3 rings (SSSR count). The molecule has 2 N–H and O–H groups in total. The number of nitrogens with one attached hydrogen (secondary N) is 1. The predicted octanol–water partition coefficient (Wildman–Crippen LogP) is 4.24. The Kier molecular flexibility index (Phi) is 6.86. The Morgan fingerprint density at radius 2 is 1.89 bits per heavy atom. The lowest BCUT2D eigenvalue weighted by Gasteiger charge is -2.30. The molecule has 28 heavy (non-hydrogen) atoms. The second-order valence-corrected chi connectivity index (χ2v) is 8.60. The van der Waals surface area contributed by atoms with Gasteiger partial charge >= 0.3 is 0 Å². The molecule has 0 aromatic heterocycles. The summed E-state index contributed by atoms with van der Waals surface area (Å²) in [5.41, 5.74) is 3.68. The van der Waals surface area contributed by atoms with E-state index < -0.39 is 6.10 Å². The fourth-order valence-electron chi connectivity index (χ4n) is 4.06. The van der Waals surface area contributed by atoms with E-state index >= 15 is 0 Å². The number of hydrogen-bond donors (Lipinski definition) is 2. The molecule has 1 radical (unpaired) electrons. The third-order valence-corrected chi connectivity index (χ3v) is 5.53. The average Bonchev–Trinajstić information content (AvgIpc) is 3.06. The topological polar surface area (TPSA) is 41.5 Å². The molecule has 1 aliphatic rings. The van der Waals surface area contributed by atoms with Gasteiger partial charge in [-0.25, -0.2) is 4.39 Å². The molecule has 0 bridgehead atoms. The maximum Gasteiger partial charge on any atom is 0.123 e. The molecule has 2 aromatic carbocycles. The molecule has 0 saturated carbocycles. The summed E-state index contributed by atoms with van der Waals surface area (Å²) in [5.74, 6) is 0.329. The molecular formula is C24H31FNO2. The second kappa shape index (κ2) is 9.17. The molecular weight excluding hydrogens is 353 g/mol. The summed E-state index contributed by atoms with van der Waals surface area (Å²) < 4.78 is 18.7. The summed E-state index contributed by atoms with van der Waals surface area (Å²) in [6.45, 7) is 6.97. The van der Waals surface area contributed by atoms with Crippen LogP contribution in [0.3, 0.4) is 0 Å². The summed E-state index contributed by atoms with van der Waals surface area (Å²) >= 11 is 0. The lowest BCUT2D eigenvalue weighted by Crippen LogP contribution is -2.45. The van der Waals surface area contributed by atoms with Crippen molar-refractivity contribution in [3.8, 4) is 0 Å². The lowest BCUT2D eigenvalue weighted by atomic mass is 9.88. The zero-order valence-electron chi connectivity index (χ0n) is 17.0. The maximum absolute atomic E-state index is 13.0. The van der Waals surface area contributed by atoms with Crippen molar-refractivity contribution in [1.29, 1.82) is 0 Å². The van der Waals surface area contributed by atoms with Crippen LogP contribution in [0.15, 0.2) is 42.5 Å². The largest absolute Gasteiger partial charge is 0.389 e. The Morgan fingerprint density at radius 3 is 2.50 bits per heavy atom. The van der Waals surface area contributed by atoms with E-state index in [4.69, 9.17) is 4.74 Å². The Labute approximate surface area is 167 Å². The molecule has 0 amide bonds. The van der Waals surface area contributed by atoms with Gasteiger partial charge in [-0.05, 0) is 80.8 Å². The summed E-state index contributed by atoms with van der Waals surface area (Å²) in [4.78, 5) is 0. The fourth-order valence-corrected chi connectivity index (χ4v) is 4.06. The van der Waals surface area contributed by atoms with Crippen molar-refractivity contribution in [3.63, 3.8) is 0 Å². The van der Waals surface area contributed by atoms with Crippen LogP contribution < -0.4 is 5.32 Å². The first-order valence-corrected chi connectivity index (χ1v) is 10.1. The van der Waals surface area contributed by atoms with Crippen LogP contribution >= 0.6 is 0 Å². The highest BCUT2D eigenvalue weighted by atomic mass is 19.1. The van der Waals surface area contributed by atoms with E-state index in [9.17, 15) is 9.50 Å². The Morgan fingerprint density at radius 1 is 1.21 bits per heavy atom. The number of aliphatic hydroxyl groups is 1. The first kappa shape index (κ1) is 21.0. The van der Waals surface area contributed by atoms with Gasteiger partial charge in [0.05, 0.1) is 18.8 Å². The zero-order valence-corrected chi connectivity index (χ0v) is 17.0. The third kappa shape index (κ3) is 5.87. The fraction of sp³-hybridized carbons (Fsp3) is 0.500. The molecule has 0 saturated heterocycles. The highest BCUT2D eigenvalue weighted by Crippen LogP contribution is 2.31. The van der Waals surface area contributed by atoms with Gasteiger partial charge in [0.25, 0.3) is 0 Å². The van der Waals surface area contributed by atoms with Gasteiger partial charge in [0, 0.05) is 12.1 Å². The average molecular weight is 385 g/mol. The van der Waals surface area contributed by atoms with Gasteiger partial charge in [-0.3, -0.25) is 0 Å². The van der Waals surface area contributed by atoms with Crippen molar-refractivity contribution < 1.29 is 14.2 Å². The summed E-state index contributed by atoms with van der Waals surface area (Å²) in [5, 5.41) is 13.8. The van der Waals surface area contributed by atoms with E-state index in [1.807, 2.05) is 6.92 Å². The number of β-amino-alcohol motifs (C(OH)–C–C–N with tert-alkyl or cyclic N) is 1. The highest BCUT2D eigenvalue weighted by Gasteiger charge is 2.28. The summed E-state index contributed by atoms with van der Waals surface area (Å²) in [6, 6.07) is 15.9. The molecule has 2 aromatic rings. The third-order valence-electron chi connectivity index (χ3n) is 5.53. The normalized spacial score (nSPS) is 16.8. The van der Waals surface area contributed by atoms with Crippen LogP contribution in [0, 0.1) is 17.8 Å². The van der Waals surface area contributed by atoms with Gasteiger partial charge in [0.2, 0.25) is 0 Å². The number of halogens is 1. The maximum atomic E-state index is 13.0. The van der Waals surface area contributed by atoms with Gasteiger partial charge in [-0.15, -0.1) is 0 Å². The van der Waals surface area contributed by atoms with Crippen molar-refractivity contribution in [2.45, 2.75) is 57.8 Å². The van der Waals surface area contributed by atoms with E-state index in [0.29, 0.717) is 12.5 Å². The molecule has 151 valence electrons. The molecule has 0 fully saturated rings. The second-order valence-electron chi connectivity index (χ2n) is 8.60. The van der Waals surface area contributed by atoms with Gasteiger partial charge < -0.3 is 15.2 Å². The van der Waals surface area contributed by atoms with Crippen molar-refractivity contribution in [3.05, 3.63) is 71.0 Å². The summed E-state index contributed by atoms with van der Waals surface area (Å²) in [7, 11) is 0. The van der Waals surface area contributed by atoms with E-state index in [0.717, 1.165) is 24.8 Å². The smallest absolute Gasteiger partial charge is 0.123 e. The lowest BCUT2D eigenvalue weighted by molar-refractivity contribution is -0.00471. The van der Waals surface area contributed by atoms with Crippen LogP contribution in [0.1, 0.15) is 50.0 Å². The minimum absolute atomic E-state index is 0.0515. The van der Waals surface area contributed by atoms with Crippen molar-refractivity contribution in [2.24, 2.45) is 5.92 Å². The number of hydrogen-bond acceptors (Lipinski definition) is 3. The highest BCUT2D eigenvalue weighted by molar-refractivity contribution is 5.32. The molecule has 3 nitrogen and oxygen atoms in total. The van der Waals surface area contributed by atoms with Crippen LogP contribution in [-0.2, 0) is 17.6 Å². The first-order valence-electron chi connectivity index (χ1n) is 10.1. The van der Waals surface area contributed by atoms with Crippen LogP contribution in [-0.4, -0.2) is 29.9 Å². The molecule has 0 unspecified atom stereocenters. The number of ether oxygens (including phenoxy) is 1. The molecule has 0 aliphatic heterocycles. The van der Waals surface area contributed by atoms with Crippen LogP contribution in [0.5, 0.6) is 0 Å². The molecule has 1 aliphatic carbocycles. The predicted molar refractivity (Wildman–Crippen MR) is 110 cm³/mol. The molecule has 4 heteroatoms. The number of benzene rings is 2. The summed E-state index contributed by atoms with van der Waals surface area (Å²) in [6.07, 6.45) is 2.51. The molecule has 2 atom stereocenters. The monoisotopic (exact) mass is 384 g/mol. The molecule has 0 spiro atoms. The van der Waals surface area contributed by atoms with E-state index in [1.54, 1.807) is 6.07 Å². The van der Waals surface area contributed by atoms with Crippen molar-refractivity contribution in [1.82, 2.24) is 5.32 Å². The number of aliphatic hydroxyl groups excluding tert-OH is 1. The Bertz CT molecular complexity index is 734. The minimum atomic E-state index is -0.594. The van der Waals surface area contributed by atoms with Crippen molar-refractivity contribution >= 4 is 0 Å². The van der Waals surface area contributed by atoms with E-state index in [2.05, 4.69) is 49.5 Å². The molecule has 0 heterocycles. The van der Waals surface area contributed by atoms with Gasteiger partial charge in [0.1, 0.15) is 5.82 Å². The van der Waals surface area contributed by atoms with E-state index in [1.165, 1.54) is 23.3 Å². The Balaban J connectivity index is 1.39.